The summed E-state index contributed by atoms with van der Waals surface area (Å²) in [4.78, 5) is 36.0. The van der Waals surface area contributed by atoms with E-state index in [1.54, 1.807) is 24.3 Å². The van der Waals surface area contributed by atoms with Crippen LogP contribution < -0.4 is 4.42 Å². The van der Waals surface area contributed by atoms with E-state index in [9.17, 15) is 14.4 Å². The van der Waals surface area contributed by atoms with Gasteiger partial charge in [0.1, 0.15) is 0 Å². The Labute approximate surface area is 189 Å². The number of esters is 2. The molecule has 160 valence electrons. The molecule has 0 aromatic heterocycles. The molecule has 0 fully saturated rings. The highest BCUT2D eigenvalue weighted by atomic mass is 35.5. The average molecular weight is 470 g/mol. The predicted octanol–water partition coefficient (Wildman–Crippen LogP) is 4.77. The normalized spacial score (nSPS) is 10.4. The number of amides is 1. The number of thioether (sulfide) groups is 1. The lowest BCUT2D eigenvalue weighted by Crippen LogP contribution is -2.25. The Kier molecular flexibility index (Phi) is 9.49. The van der Waals surface area contributed by atoms with E-state index in [0.717, 1.165) is 22.8 Å². The van der Waals surface area contributed by atoms with Gasteiger partial charge in [0.25, 0.3) is 5.91 Å². The number of hydrogen-bond acceptors (Lipinski definition) is 6. The van der Waals surface area contributed by atoms with Gasteiger partial charge in [-0.1, -0.05) is 29.8 Å². The number of ether oxygens (including phenoxy) is 2. The van der Waals surface area contributed by atoms with Crippen molar-refractivity contribution in [3.63, 3.8) is 0 Å². The molecular formula is C21H21Cl2NO5S. The monoisotopic (exact) mass is 469 g/mol. The summed E-state index contributed by atoms with van der Waals surface area (Å²) < 4.78 is 10.3. The van der Waals surface area contributed by atoms with E-state index < -0.39 is 11.9 Å². The fourth-order valence-electron chi connectivity index (χ4n) is 2.68. The molecule has 0 radical (unpaired) electrons. The van der Waals surface area contributed by atoms with Crippen molar-refractivity contribution in [3.8, 4) is 0 Å². The Balaban J connectivity index is 1.87. The van der Waals surface area contributed by atoms with Crippen LogP contribution in [0.4, 0.5) is 5.69 Å². The molecule has 2 aromatic rings. The summed E-state index contributed by atoms with van der Waals surface area (Å²) in [6, 6.07) is 11.9. The molecule has 0 aliphatic carbocycles. The third kappa shape index (κ3) is 6.39. The van der Waals surface area contributed by atoms with Gasteiger partial charge < -0.3 is 9.47 Å². The first-order valence-corrected chi connectivity index (χ1v) is 10.9. The Morgan fingerprint density at radius 1 is 1.03 bits per heavy atom. The Morgan fingerprint density at radius 3 is 2.43 bits per heavy atom. The van der Waals surface area contributed by atoms with Crippen LogP contribution in [0.5, 0.6) is 0 Å². The lowest BCUT2D eigenvalue weighted by atomic mass is 10.1. The fourth-order valence-corrected chi connectivity index (χ4v) is 4.09. The number of carbonyl (C=O) groups excluding carboxylic acids is 3. The maximum atomic E-state index is 12.5. The topological polar surface area (TPSA) is 72.9 Å². The van der Waals surface area contributed by atoms with Crippen LogP contribution in [0.3, 0.4) is 0 Å². The second-order valence-corrected chi connectivity index (χ2v) is 8.00. The number of halogens is 2. The number of carbonyl (C=O) groups is 3. The van der Waals surface area contributed by atoms with Crippen LogP contribution in [0.2, 0.25) is 5.02 Å². The van der Waals surface area contributed by atoms with Crippen molar-refractivity contribution in [3.05, 3.63) is 64.2 Å². The second-order valence-electron chi connectivity index (χ2n) is 6.15. The first kappa shape index (κ1) is 24.1. The van der Waals surface area contributed by atoms with Crippen molar-refractivity contribution in [2.45, 2.75) is 12.8 Å². The van der Waals surface area contributed by atoms with E-state index in [1.165, 1.54) is 32.0 Å². The van der Waals surface area contributed by atoms with Gasteiger partial charge in [0, 0.05) is 11.8 Å². The second kappa shape index (κ2) is 11.8. The molecule has 0 aliphatic heterocycles. The molecule has 9 heteroatoms. The number of nitrogens with zero attached hydrogens (tertiary/aromatic N) is 1. The highest BCUT2D eigenvalue weighted by Gasteiger charge is 2.23. The van der Waals surface area contributed by atoms with Crippen molar-refractivity contribution in [2.75, 3.05) is 30.1 Å². The molecule has 2 aromatic carbocycles. The van der Waals surface area contributed by atoms with E-state index >= 15 is 0 Å². The molecular weight excluding hydrogens is 449 g/mol. The van der Waals surface area contributed by atoms with Gasteiger partial charge in [-0.05, 0) is 48.4 Å². The van der Waals surface area contributed by atoms with Crippen LogP contribution in [-0.4, -0.2) is 43.6 Å². The summed E-state index contributed by atoms with van der Waals surface area (Å²) in [6.07, 6.45) is 1.57. The number of para-hydroxylation sites is 1. The zero-order valence-corrected chi connectivity index (χ0v) is 18.9. The highest BCUT2D eigenvalue weighted by Crippen LogP contribution is 2.32. The Hall–Kier alpha value is -2.22. The van der Waals surface area contributed by atoms with Crippen LogP contribution >= 0.6 is 35.1 Å². The van der Waals surface area contributed by atoms with Crippen molar-refractivity contribution < 1.29 is 23.9 Å². The molecule has 0 spiro atoms. The van der Waals surface area contributed by atoms with Gasteiger partial charge in [-0.3, -0.25) is 4.79 Å². The van der Waals surface area contributed by atoms with Gasteiger partial charge in [0.05, 0.1) is 41.8 Å². The van der Waals surface area contributed by atoms with Crippen LogP contribution in [0.15, 0.2) is 42.5 Å². The fraction of sp³-hybridized carbons (Fsp3) is 0.286. The smallest absolute Gasteiger partial charge is 0.340 e. The number of hydrogen-bond donors (Lipinski definition) is 0. The van der Waals surface area contributed by atoms with Gasteiger partial charge >= 0.3 is 11.9 Å². The van der Waals surface area contributed by atoms with Crippen LogP contribution in [-0.2, 0) is 20.7 Å². The predicted molar refractivity (Wildman–Crippen MR) is 120 cm³/mol. The molecule has 0 heterocycles. The summed E-state index contributed by atoms with van der Waals surface area (Å²) in [6.45, 7) is 0. The number of aryl methyl sites for hydroxylation is 1. The zero-order valence-electron chi connectivity index (χ0n) is 16.5. The summed E-state index contributed by atoms with van der Waals surface area (Å²) in [5.74, 6) is -0.562. The molecule has 6 nitrogen and oxygen atoms in total. The molecule has 0 aliphatic rings. The van der Waals surface area contributed by atoms with Gasteiger partial charge in [-0.15, -0.1) is 0 Å². The lowest BCUT2D eigenvalue weighted by molar-refractivity contribution is -0.115. The number of rotatable bonds is 9. The molecule has 0 saturated heterocycles. The van der Waals surface area contributed by atoms with Gasteiger partial charge in [-0.2, -0.15) is 11.8 Å². The summed E-state index contributed by atoms with van der Waals surface area (Å²) in [5, 5.41) is 0.178. The Bertz CT molecular complexity index is 922. The van der Waals surface area contributed by atoms with Crippen LogP contribution in [0, 0.1) is 0 Å². The SMILES string of the molecule is COC(=O)c1cccc(CCCSCC(=O)N(Cl)c2c(Cl)cccc2C(=O)OC)c1. The van der Waals surface area contributed by atoms with Crippen molar-refractivity contribution in [1.29, 1.82) is 0 Å². The largest absolute Gasteiger partial charge is 0.465 e. The molecule has 0 N–H and O–H groups in total. The minimum absolute atomic E-state index is 0.109. The molecule has 0 unspecified atom stereocenters. The lowest BCUT2D eigenvalue weighted by Gasteiger charge is -2.18. The standard InChI is InChI=1S/C21H21Cl2NO5S/c1-28-20(26)15-8-3-6-14(12-15)7-5-11-30-13-18(25)24(23)19-16(21(27)29-2)9-4-10-17(19)22/h3-4,6,8-10,12H,5,7,11,13H2,1-2H3. The number of anilines is 1. The average Bonchev–Trinajstić information content (AvgIpc) is 2.77. The van der Waals surface area contributed by atoms with E-state index in [2.05, 4.69) is 0 Å². The molecule has 0 atom stereocenters. The third-order valence-corrected chi connectivity index (χ3v) is 5.83. The molecule has 30 heavy (non-hydrogen) atoms. The quantitative estimate of drug-likeness (QED) is 0.299. The third-order valence-electron chi connectivity index (χ3n) is 4.14. The van der Waals surface area contributed by atoms with Crippen molar-refractivity contribution >= 4 is 58.7 Å². The minimum Gasteiger partial charge on any atom is -0.465 e. The maximum absolute atomic E-state index is 12.5. The minimum atomic E-state index is -0.632. The van der Waals surface area contributed by atoms with Gasteiger partial charge in [-0.25, -0.2) is 14.0 Å². The first-order valence-electron chi connectivity index (χ1n) is 8.99. The van der Waals surface area contributed by atoms with Crippen molar-refractivity contribution in [2.24, 2.45) is 0 Å². The van der Waals surface area contributed by atoms with Gasteiger partial charge in [0.15, 0.2) is 0 Å². The maximum Gasteiger partial charge on any atom is 0.340 e. The van der Waals surface area contributed by atoms with E-state index in [4.69, 9.17) is 32.9 Å². The molecule has 0 saturated carbocycles. The highest BCUT2D eigenvalue weighted by molar-refractivity contribution is 7.99. The molecule has 1 amide bonds. The Morgan fingerprint density at radius 2 is 1.73 bits per heavy atom. The van der Waals surface area contributed by atoms with Crippen LogP contribution in [0.25, 0.3) is 0 Å². The first-order chi connectivity index (χ1) is 14.4. The number of methoxy groups -OCH3 is 2. The van der Waals surface area contributed by atoms with E-state index in [-0.39, 0.29) is 28.0 Å². The number of benzene rings is 2. The molecule has 2 rings (SSSR count). The summed E-state index contributed by atoms with van der Waals surface area (Å²) in [7, 11) is 2.59. The van der Waals surface area contributed by atoms with Crippen molar-refractivity contribution in [1.82, 2.24) is 0 Å². The summed E-state index contributed by atoms with van der Waals surface area (Å²) in [5.41, 5.74) is 1.75. The van der Waals surface area contributed by atoms with Crippen LogP contribution in [0.1, 0.15) is 32.7 Å². The van der Waals surface area contributed by atoms with E-state index in [1.807, 2.05) is 12.1 Å². The summed E-state index contributed by atoms with van der Waals surface area (Å²) >= 11 is 13.7. The van der Waals surface area contributed by atoms with Gasteiger partial charge in [0.2, 0.25) is 0 Å². The van der Waals surface area contributed by atoms with E-state index in [0.29, 0.717) is 11.3 Å². The molecule has 0 bridgehead atoms. The zero-order chi connectivity index (χ0) is 22.1.